The van der Waals surface area contributed by atoms with Gasteiger partial charge in [0.25, 0.3) is 0 Å². The lowest BCUT2D eigenvalue weighted by atomic mass is 9.98. The van der Waals surface area contributed by atoms with Crippen LogP contribution >= 0.6 is 0 Å². The van der Waals surface area contributed by atoms with Gasteiger partial charge in [0, 0.05) is 12.1 Å². The van der Waals surface area contributed by atoms with Crippen molar-refractivity contribution in [2.75, 3.05) is 20.8 Å². The number of allylic oxidation sites excluding steroid dienone is 1. The minimum atomic E-state index is -1.77. The number of aliphatic hydroxyl groups is 6. The number of ether oxygens (including phenoxy) is 6. The number of carbonyl (C=O) groups is 1. The molecule has 0 aromatic heterocycles. The predicted octanol–water partition coefficient (Wildman–Crippen LogP) is -0.958. The smallest absolute Gasteiger partial charge is 0.229 e. The molecular weight excluding hydrogens is 588 g/mol. The number of methoxy groups -OCH3 is 2. The van der Waals surface area contributed by atoms with Crippen LogP contribution in [0.3, 0.4) is 0 Å². The van der Waals surface area contributed by atoms with Crippen molar-refractivity contribution in [3.8, 4) is 28.7 Å². The highest BCUT2D eigenvalue weighted by atomic mass is 16.7. The fraction of sp³-hybridized carbons (Fsp3) is 0.483. The largest absolute Gasteiger partial charge is 0.507 e. The second-order valence-electron chi connectivity index (χ2n) is 10.3. The summed E-state index contributed by atoms with van der Waals surface area (Å²) < 4.78 is 32.3. The van der Waals surface area contributed by atoms with Gasteiger partial charge in [0.1, 0.15) is 65.5 Å². The summed E-state index contributed by atoms with van der Waals surface area (Å²) in [4.78, 5) is 12.9. The Bertz CT molecular complexity index is 1330. The van der Waals surface area contributed by atoms with Gasteiger partial charge in [-0.05, 0) is 30.7 Å². The van der Waals surface area contributed by atoms with E-state index in [0.29, 0.717) is 5.56 Å². The fourth-order valence-corrected chi connectivity index (χ4v) is 4.75. The van der Waals surface area contributed by atoms with Crippen LogP contribution in [0.2, 0.25) is 0 Å². The molecule has 0 bridgehead atoms. The summed E-state index contributed by atoms with van der Waals surface area (Å²) in [6.45, 7) is 0.958. The van der Waals surface area contributed by atoms with Crippen LogP contribution in [-0.2, 0) is 14.2 Å². The maximum atomic E-state index is 12.9. The van der Waals surface area contributed by atoms with Crippen LogP contribution in [0.4, 0.5) is 0 Å². The van der Waals surface area contributed by atoms with E-state index in [1.807, 2.05) is 0 Å². The first-order valence-corrected chi connectivity index (χ1v) is 13.5. The van der Waals surface area contributed by atoms with Crippen LogP contribution in [0.15, 0.2) is 36.4 Å². The molecule has 44 heavy (non-hydrogen) atoms. The Hall–Kier alpha value is -3.51. The Morgan fingerprint density at radius 2 is 1.45 bits per heavy atom. The lowest BCUT2D eigenvalue weighted by Gasteiger charge is -2.42. The number of hydrogen-bond acceptors (Lipinski definition) is 15. The number of benzene rings is 2. The number of phenols is 2. The fourth-order valence-electron chi connectivity index (χ4n) is 4.75. The van der Waals surface area contributed by atoms with Gasteiger partial charge in [-0.25, -0.2) is 0 Å². The van der Waals surface area contributed by atoms with Crippen molar-refractivity contribution in [1.82, 2.24) is 0 Å². The van der Waals surface area contributed by atoms with Gasteiger partial charge in [-0.2, -0.15) is 0 Å². The third-order valence-corrected chi connectivity index (χ3v) is 7.31. The molecule has 4 unspecified atom stereocenters. The molecule has 2 fully saturated rings. The van der Waals surface area contributed by atoms with E-state index >= 15 is 0 Å². The number of rotatable bonds is 10. The molecule has 2 aliphatic rings. The van der Waals surface area contributed by atoms with Crippen molar-refractivity contribution in [1.29, 1.82) is 0 Å². The summed E-state index contributed by atoms with van der Waals surface area (Å²) in [6, 6.07) is 6.80. The first-order chi connectivity index (χ1) is 20.9. The van der Waals surface area contributed by atoms with Crippen LogP contribution < -0.4 is 14.2 Å². The lowest BCUT2D eigenvalue weighted by molar-refractivity contribution is -0.318. The van der Waals surface area contributed by atoms with Crippen LogP contribution in [-0.4, -0.2) is 129 Å². The Morgan fingerprint density at radius 1 is 0.795 bits per heavy atom. The van der Waals surface area contributed by atoms with Gasteiger partial charge in [0.15, 0.2) is 23.6 Å². The normalized spacial score (nSPS) is 32.4. The lowest BCUT2D eigenvalue weighted by Crippen LogP contribution is -2.61. The highest BCUT2D eigenvalue weighted by Crippen LogP contribution is 2.36. The summed E-state index contributed by atoms with van der Waals surface area (Å²) in [5, 5.41) is 82.0. The Balaban J connectivity index is 1.46. The molecule has 0 radical (unpaired) electrons. The SMILES string of the molecule is COc1ccc(/C=C/C(=O)c2c(O)cc(O[C@@H]3OC(CO[C@@H]4OC(C)[C@H](O)C(O)[C@@H]4O)[C@@H](O)[C@H](O)C3O)cc2OC)cc1O. The Morgan fingerprint density at radius 3 is 2.11 bits per heavy atom. The Kier molecular flexibility index (Phi) is 10.7. The molecule has 2 aromatic rings. The highest BCUT2D eigenvalue weighted by molar-refractivity contribution is 6.10. The summed E-state index contributed by atoms with van der Waals surface area (Å²) in [5.41, 5.74) is 0.263. The second kappa shape index (κ2) is 14.1. The third kappa shape index (κ3) is 7.07. The number of carbonyl (C=O) groups excluding carboxylic acids is 1. The number of phenolic OH excluding ortho intramolecular Hbond substituents is 2. The van der Waals surface area contributed by atoms with E-state index in [4.69, 9.17) is 28.4 Å². The molecule has 10 atom stereocenters. The van der Waals surface area contributed by atoms with Crippen LogP contribution in [0, 0.1) is 0 Å². The molecule has 2 saturated heterocycles. The van der Waals surface area contributed by atoms with E-state index in [1.54, 1.807) is 6.07 Å². The summed E-state index contributed by atoms with van der Waals surface area (Å²) in [7, 11) is 2.65. The molecule has 2 aromatic carbocycles. The van der Waals surface area contributed by atoms with Crippen molar-refractivity contribution in [2.24, 2.45) is 0 Å². The van der Waals surface area contributed by atoms with Crippen molar-refractivity contribution >= 4 is 11.9 Å². The van der Waals surface area contributed by atoms with Gasteiger partial charge in [0.05, 0.1) is 26.9 Å². The van der Waals surface area contributed by atoms with Crippen LogP contribution in [0.1, 0.15) is 22.8 Å². The van der Waals surface area contributed by atoms with Crippen LogP contribution in [0.5, 0.6) is 28.7 Å². The van der Waals surface area contributed by atoms with Gasteiger partial charge in [-0.15, -0.1) is 0 Å². The summed E-state index contributed by atoms with van der Waals surface area (Å²) >= 11 is 0. The number of aliphatic hydroxyl groups excluding tert-OH is 6. The molecule has 2 aliphatic heterocycles. The Labute approximate surface area is 251 Å². The summed E-state index contributed by atoms with van der Waals surface area (Å²) in [6.07, 6.45) is -12.4. The zero-order chi connectivity index (χ0) is 32.3. The quantitative estimate of drug-likeness (QED) is 0.117. The molecule has 4 rings (SSSR count). The molecule has 2 heterocycles. The molecule has 15 nitrogen and oxygen atoms in total. The average molecular weight is 625 g/mol. The van der Waals surface area contributed by atoms with Crippen molar-refractivity contribution in [3.05, 3.63) is 47.5 Å². The van der Waals surface area contributed by atoms with Crippen molar-refractivity contribution in [2.45, 2.75) is 68.3 Å². The van der Waals surface area contributed by atoms with E-state index in [1.165, 1.54) is 45.4 Å². The topological polar surface area (TPSA) is 234 Å². The predicted molar refractivity (Wildman–Crippen MR) is 148 cm³/mol. The average Bonchev–Trinajstić information content (AvgIpc) is 3.00. The molecule has 0 amide bonds. The third-order valence-electron chi connectivity index (χ3n) is 7.31. The summed E-state index contributed by atoms with van der Waals surface area (Å²) in [5.74, 6) is -1.31. The van der Waals surface area contributed by atoms with Gasteiger partial charge >= 0.3 is 0 Å². The zero-order valence-electron chi connectivity index (χ0n) is 24.0. The molecule has 0 aliphatic carbocycles. The standard InChI is InChI=1S/C29H36O15/c1-12-22(33)24(35)26(37)28(42-12)41-11-20-23(34)25(36)27(38)29(44-20)43-14-9-17(32)21(19(10-14)40-3)15(30)6-4-13-5-7-18(39-2)16(31)8-13/h4-10,12,20,22-29,31-38H,11H2,1-3H3/b6-4+/t12?,20?,22-,23+,24?,25-,26-,27?,28+,29+/m0/s1. The molecule has 242 valence electrons. The van der Waals surface area contributed by atoms with Gasteiger partial charge in [-0.3, -0.25) is 4.79 Å². The number of hydrogen-bond donors (Lipinski definition) is 8. The van der Waals surface area contributed by atoms with Crippen molar-refractivity contribution < 1.29 is 74.1 Å². The van der Waals surface area contributed by atoms with Crippen LogP contribution in [0.25, 0.3) is 6.08 Å². The maximum absolute atomic E-state index is 12.9. The first-order valence-electron chi connectivity index (χ1n) is 13.5. The maximum Gasteiger partial charge on any atom is 0.229 e. The monoisotopic (exact) mass is 624 g/mol. The second-order valence-corrected chi connectivity index (χ2v) is 10.3. The zero-order valence-corrected chi connectivity index (χ0v) is 24.0. The minimum absolute atomic E-state index is 0.101. The van der Waals surface area contributed by atoms with Gasteiger partial charge in [-0.1, -0.05) is 12.1 Å². The van der Waals surface area contributed by atoms with E-state index in [2.05, 4.69) is 0 Å². The van der Waals surface area contributed by atoms with E-state index in [-0.39, 0.29) is 28.6 Å². The minimum Gasteiger partial charge on any atom is -0.507 e. The molecule has 0 saturated carbocycles. The number of ketones is 1. The van der Waals surface area contributed by atoms with Gasteiger partial charge < -0.3 is 69.3 Å². The molecular formula is C29H36O15. The van der Waals surface area contributed by atoms with E-state index in [9.17, 15) is 45.6 Å². The highest BCUT2D eigenvalue weighted by Gasteiger charge is 2.47. The molecule has 0 spiro atoms. The van der Waals surface area contributed by atoms with Gasteiger partial charge in [0.2, 0.25) is 6.29 Å². The molecule has 8 N–H and O–H groups in total. The van der Waals surface area contributed by atoms with Crippen molar-refractivity contribution in [3.63, 3.8) is 0 Å². The number of aromatic hydroxyl groups is 2. The first kappa shape index (κ1) is 33.4. The molecule has 15 heteroatoms. The van der Waals surface area contributed by atoms with E-state index in [0.717, 1.165) is 12.1 Å². The van der Waals surface area contributed by atoms with E-state index < -0.39 is 79.6 Å².